The molecular weight excluding hydrogens is 452 g/mol. The third-order valence-electron chi connectivity index (χ3n) is 5.57. The topological polar surface area (TPSA) is 104 Å². The van der Waals surface area contributed by atoms with E-state index < -0.39 is 22.2 Å². The third-order valence-corrected chi connectivity index (χ3v) is 7.03. The Hall–Kier alpha value is -3.71. The molecule has 0 fully saturated rings. The van der Waals surface area contributed by atoms with Gasteiger partial charge in [0.25, 0.3) is 0 Å². The van der Waals surface area contributed by atoms with Gasteiger partial charge in [0.15, 0.2) is 0 Å². The van der Waals surface area contributed by atoms with Gasteiger partial charge >= 0.3 is 6.02 Å². The second-order valence-electron chi connectivity index (χ2n) is 7.83. The molecule has 3 aromatic carbocycles. The van der Waals surface area contributed by atoms with Gasteiger partial charge in [0, 0.05) is 12.1 Å². The van der Waals surface area contributed by atoms with E-state index in [1.165, 1.54) is 0 Å². The van der Waals surface area contributed by atoms with Gasteiger partial charge in [0.1, 0.15) is 10.9 Å². The molecule has 0 amide bonds. The summed E-state index contributed by atoms with van der Waals surface area (Å²) in [6, 6.07) is 20.1. The summed E-state index contributed by atoms with van der Waals surface area (Å²) in [5.74, 6) is 0.508. The van der Waals surface area contributed by atoms with Crippen LogP contribution in [0, 0.1) is 6.57 Å². The van der Waals surface area contributed by atoms with Crippen molar-refractivity contribution in [2.24, 2.45) is 5.10 Å². The Morgan fingerprint density at radius 2 is 1.88 bits per heavy atom. The van der Waals surface area contributed by atoms with Gasteiger partial charge in [-0.25, -0.2) is 13.1 Å². The molecule has 0 saturated carbocycles. The van der Waals surface area contributed by atoms with E-state index in [0.29, 0.717) is 23.4 Å². The van der Waals surface area contributed by atoms with E-state index in [9.17, 15) is 13.5 Å². The minimum atomic E-state index is -3.85. The summed E-state index contributed by atoms with van der Waals surface area (Å²) in [7, 11) is -3.85. The van der Waals surface area contributed by atoms with Gasteiger partial charge in [-0.05, 0) is 59.5 Å². The number of nitrogens with one attached hydrogen (secondary N) is 2. The van der Waals surface area contributed by atoms with Crippen molar-refractivity contribution in [2.45, 2.75) is 36.8 Å². The van der Waals surface area contributed by atoms with E-state index in [0.717, 1.165) is 17.5 Å². The maximum Gasteiger partial charge on any atom is 0.378 e. The van der Waals surface area contributed by atoms with E-state index in [2.05, 4.69) is 20.1 Å². The average Bonchev–Trinajstić information content (AvgIpc) is 3.14. The van der Waals surface area contributed by atoms with Gasteiger partial charge in [-0.15, -0.1) is 4.95 Å². The third kappa shape index (κ3) is 5.26. The zero-order chi connectivity index (χ0) is 24.1. The van der Waals surface area contributed by atoms with Crippen molar-refractivity contribution >= 4 is 21.7 Å². The number of aliphatic hydroxyl groups is 1. The fourth-order valence-corrected chi connectivity index (χ4v) is 5.07. The maximum atomic E-state index is 13.0. The Kier molecular flexibility index (Phi) is 6.93. The van der Waals surface area contributed by atoms with Crippen molar-refractivity contribution in [3.63, 3.8) is 0 Å². The van der Waals surface area contributed by atoms with Crippen molar-refractivity contribution in [1.82, 2.24) is 4.72 Å². The fourth-order valence-electron chi connectivity index (χ4n) is 3.82. The van der Waals surface area contributed by atoms with Gasteiger partial charge in [0.2, 0.25) is 10.0 Å². The van der Waals surface area contributed by atoms with Crippen molar-refractivity contribution in [3.8, 4) is 5.75 Å². The molecule has 9 heteroatoms. The molecule has 1 aliphatic carbocycles. The number of ether oxygens (including phenoxy) is 1. The highest BCUT2D eigenvalue weighted by molar-refractivity contribution is 7.89. The highest BCUT2D eigenvalue weighted by atomic mass is 32.2. The first-order chi connectivity index (χ1) is 16.4. The fraction of sp³-hybridized carbons (Fsp3) is 0.200. The number of amidine groups is 1. The number of anilines is 1. The number of hydrogen-bond donors (Lipinski definition) is 3. The number of sulfonamides is 1. The molecule has 0 unspecified atom stereocenters. The number of aryl methyl sites for hydroxylation is 1. The van der Waals surface area contributed by atoms with Crippen LogP contribution in [-0.2, 0) is 22.9 Å². The number of benzene rings is 3. The molecule has 0 spiro atoms. The summed E-state index contributed by atoms with van der Waals surface area (Å²) in [6.45, 7) is 9.06. The first-order valence-electron chi connectivity index (χ1n) is 10.8. The van der Waals surface area contributed by atoms with Crippen molar-refractivity contribution in [2.75, 3.05) is 5.32 Å². The molecule has 174 valence electrons. The van der Waals surface area contributed by atoms with Crippen LogP contribution in [0.2, 0.25) is 0 Å². The number of hydrogen-bond acceptors (Lipinski definition) is 5. The largest absolute Gasteiger partial charge is 0.421 e. The van der Waals surface area contributed by atoms with E-state index in [4.69, 9.17) is 11.3 Å². The Morgan fingerprint density at radius 1 is 1.15 bits per heavy atom. The zero-order valence-electron chi connectivity index (χ0n) is 18.5. The predicted octanol–water partition coefficient (Wildman–Crippen LogP) is 3.87. The average molecular weight is 477 g/mol. The molecule has 1 aliphatic rings. The number of nitrogens with zero attached hydrogens (tertiary/aromatic N) is 2. The summed E-state index contributed by atoms with van der Waals surface area (Å²) in [4.78, 5) is 3.18. The second-order valence-corrected chi connectivity index (χ2v) is 9.54. The molecule has 4 rings (SSSR count). The van der Waals surface area contributed by atoms with E-state index >= 15 is 0 Å². The first-order valence-corrected chi connectivity index (χ1v) is 12.2. The summed E-state index contributed by atoms with van der Waals surface area (Å²) in [5.41, 5.74) is 3.06. The summed E-state index contributed by atoms with van der Waals surface area (Å²) in [5, 5.41) is 17.2. The maximum absolute atomic E-state index is 13.0. The van der Waals surface area contributed by atoms with E-state index in [1.54, 1.807) is 60.7 Å². The van der Waals surface area contributed by atoms with Crippen LogP contribution in [0.1, 0.15) is 29.7 Å². The van der Waals surface area contributed by atoms with Crippen LogP contribution in [-0.4, -0.2) is 25.6 Å². The van der Waals surface area contributed by atoms with Crippen LogP contribution in [0.15, 0.2) is 82.8 Å². The SMILES string of the molecule is [C-]#[N+]N=C(Nc1ccc2c(c1)[C@@H](NS(=O)(=O)c1ccc(CC)cc1)[C@@H](O)C2)Oc1ccccc1. The number of rotatable bonds is 6. The van der Waals surface area contributed by atoms with E-state index in [-0.39, 0.29) is 10.9 Å². The van der Waals surface area contributed by atoms with Crippen LogP contribution in [0.3, 0.4) is 0 Å². The Bertz CT molecular complexity index is 1330. The Balaban J connectivity index is 1.56. The molecule has 0 aliphatic heterocycles. The van der Waals surface area contributed by atoms with Gasteiger partial charge < -0.3 is 15.2 Å². The molecule has 3 N–H and O–H groups in total. The smallest absolute Gasteiger partial charge is 0.378 e. The summed E-state index contributed by atoms with van der Waals surface area (Å²) in [6.07, 6.45) is 0.221. The molecule has 2 atom stereocenters. The molecular formula is C25H24N4O4S. The lowest BCUT2D eigenvalue weighted by molar-refractivity contribution is 0.151. The van der Waals surface area contributed by atoms with Crippen molar-refractivity contribution in [1.29, 1.82) is 0 Å². The molecule has 0 radical (unpaired) electrons. The molecule has 0 aromatic heterocycles. The highest BCUT2D eigenvalue weighted by Gasteiger charge is 2.35. The highest BCUT2D eigenvalue weighted by Crippen LogP contribution is 2.35. The van der Waals surface area contributed by atoms with Crippen LogP contribution in [0.5, 0.6) is 5.75 Å². The first kappa shape index (κ1) is 23.4. The van der Waals surface area contributed by atoms with Gasteiger partial charge in [-0.1, -0.05) is 43.3 Å². The standard InChI is InChI=1S/C25H24N4O4S/c1-3-17-9-13-21(14-10-17)34(31,32)29-24-22-16-19(12-11-18(22)15-23(24)30)27-25(28-26-2)33-20-7-5-4-6-8-20/h4-14,16,23-24,29-30H,3,15H2,1H3,(H,27,28)/t23-,24+/m0/s1. The zero-order valence-corrected chi connectivity index (χ0v) is 19.3. The number of fused-ring (bicyclic) bond motifs is 1. The quantitative estimate of drug-likeness (QED) is 0.217. The van der Waals surface area contributed by atoms with Crippen molar-refractivity contribution in [3.05, 3.63) is 101 Å². The molecule has 0 bridgehead atoms. The van der Waals surface area contributed by atoms with Gasteiger partial charge in [-0.3, -0.25) is 0 Å². The lowest BCUT2D eigenvalue weighted by Crippen LogP contribution is -2.34. The summed E-state index contributed by atoms with van der Waals surface area (Å²) >= 11 is 0. The Labute approximate surface area is 198 Å². The summed E-state index contributed by atoms with van der Waals surface area (Å²) < 4.78 is 34.3. The van der Waals surface area contributed by atoms with E-state index in [1.807, 2.05) is 19.1 Å². The van der Waals surface area contributed by atoms with Crippen LogP contribution < -0.4 is 14.8 Å². The molecule has 8 nitrogen and oxygen atoms in total. The number of para-hydroxylation sites is 1. The van der Waals surface area contributed by atoms with Crippen LogP contribution in [0.4, 0.5) is 5.69 Å². The monoisotopic (exact) mass is 476 g/mol. The normalized spacial score (nSPS) is 17.6. The predicted molar refractivity (Wildman–Crippen MR) is 130 cm³/mol. The second kappa shape index (κ2) is 10.1. The lowest BCUT2D eigenvalue weighted by atomic mass is 10.1. The minimum Gasteiger partial charge on any atom is -0.421 e. The van der Waals surface area contributed by atoms with Crippen LogP contribution >= 0.6 is 0 Å². The molecule has 3 aromatic rings. The lowest BCUT2D eigenvalue weighted by Gasteiger charge is -2.19. The number of aliphatic hydroxyl groups excluding tert-OH is 1. The van der Waals surface area contributed by atoms with Crippen LogP contribution in [0.25, 0.3) is 4.95 Å². The molecule has 34 heavy (non-hydrogen) atoms. The van der Waals surface area contributed by atoms with Gasteiger partial charge in [0.05, 0.1) is 17.0 Å². The van der Waals surface area contributed by atoms with Crippen molar-refractivity contribution < 1.29 is 18.3 Å². The molecule has 0 heterocycles. The molecule has 0 saturated heterocycles. The Morgan fingerprint density at radius 3 is 2.56 bits per heavy atom. The minimum absolute atomic E-state index is 0.0205. The van der Waals surface area contributed by atoms with Gasteiger partial charge in [-0.2, -0.15) is 6.57 Å².